The minimum absolute atomic E-state index is 0.00523. The van der Waals surface area contributed by atoms with Crippen LogP contribution in [-0.2, 0) is 6.54 Å². The maximum absolute atomic E-state index is 13.9. The molecule has 274 valence electrons. The second-order valence-electron chi connectivity index (χ2n) is 13.5. The van der Waals surface area contributed by atoms with Crippen LogP contribution in [0.4, 0.5) is 10.3 Å². The normalized spacial score (nSPS) is 14.4. The second kappa shape index (κ2) is 16.4. The van der Waals surface area contributed by atoms with Crippen molar-refractivity contribution in [2.75, 3.05) is 45.7 Å². The number of anilines is 1. The lowest BCUT2D eigenvalue weighted by molar-refractivity contribution is 0.0778. The van der Waals surface area contributed by atoms with Crippen LogP contribution in [0.15, 0.2) is 91.1 Å². The van der Waals surface area contributed by atoms with Crippen LogP contribution in [0.5, 0.6) is 5.75 Å². The summed E-state index contributed by atoms with van der Waals surface area (Å²) in [5.41, 5.74) is 5.85. The molecule has 1 aliphatic rings. The molecule has 2 aromatic heterocycles. The molecule has 53 heavy (non-hydrogen) atoms. The highest BCUT2D eigenvalue weighted by atomic mass is 35.5. The van der Waals surface area contributed by atoms with Gasteiger partial charge in [0.15, 0.2) is 0 Å². The van der Waals surface area contributed by atoms with Crippen LogP contribution in [-0.4, -0.2) is 87.0 Å². The number of methoxy groups -OCH3 is 1. The lowest BCUT2D eigenvalue weighted by atomic mass is 9.93. The number of carbonyl (C=O) groups is 1. The molecule has 7 rings (SSSR count). The van der Waals surface area contributed by atoms with Gasteiger partial charge in [-0.05, 0) is 91.5 Å². The topological polar surface area (TPSA) is 104 Å². The van der Waals surface area contributed by atoms with E-state index in [0.717, 1.165) is 72.6 Å². The summed E-state index contributed by atoms with van der Waals surface area (Å²) in [5, 5.41) is 15.4. The molecule has 1 aliphatic heterocycles. The van der Waals surface area contributed by atoms with Crippen LogP contribution >= 0.6 is 23.2 Å². The zero-order chi connectivity index (χ0) is 36.9. The molecule has 13 heteroatoms. The number of halogens is 3. The Bertz CT molecular complexity index is 2170. The van der Waals surface area contributed by atoms with Crippen LogP contribution in [0.3, 0.4) is 0 Å². The number of piperidine rings is 1. The predicted molar refractivity (Wildman–Crippen MR) is 207 cm³/mol. The number of likely N-dealkylation sites (tertiary alicyclic amines) is 1. The van der Waals surface area contributed by atoms with Crippen molar-refractivity contribution in [2.24, 2.45) is 0 Å². The monoisotopic (exact) mass is 754 g/mol. The lowest BCUT2D eigenvalue weighted by Crippen LogP contribution is -2.40. The summed E-state index contributed by atoms with van der Waals surface area (Å²) in [5.74, 6) is 0.914. The molecular weight excluding hydrogens is 714 g/mol. The Morgan fingerprint density at radius 2 is 1.83 bits per heavy atom. The van der Waals surface area contributed by atoms with Gasteiger partial charge in [0.25, 0.3) is 5.91 Å². The third-order valence-electron chi connectivity index (χ3n) is 10.0. The van der Waals surface area contributed by atoms with Gasteiger partial charge in [0.05, 0.1) is 46.5 Å². The van der Waals surface area contributed by atoms with Crippen LogP contribution in [0, 0.1) is 5.82 Å². The molecule has 0 spiro atoms. The first-order valence-corrected chi connectivity index (χ1v) is 18.4. The Hall–Kier alpha value is -4.97. The number of hydrogen-bond donors (Lipinski definition) is 2. The summed E-state index contributed by atoms with van der Waals surface area (Å²) in [7, 11) is 3.37. The van der Waals surface area contributed by atoms with E-state index < -0.39 is 0 Å². The van der Waals surface area contributed by atoms with Gasteiger partial charge in [0.1, 0.15) is 17.3 Å². The molecule has 1 atom stereocenters. The van der Waals surface area contributed by atoms with Crippen molar-refractivity contribution < 1.29 is 13.9 Å². The summed E-state index contributed by atoms with van der Waals surface area (Å²) >= 11 is 12.8. The van der Waals surface area contributed by atoms with Crippen molar-refractivity contribution in [1.82, 2.24) is 34.8 Å². The molecule has 10 nitrogen and oxygen atoms in total. The zero-order valence-electron chi connectivity index (χ0n) is 29.6. The minimum atomic E-state index is -0.246. The zero-order valence-corrected chi connectivity index (χ0v) is 31.1. The SMILES string of the molecule is COc1ccc(-c2cn[nH]n2)cc1C(=O)N(C)CC(CCN1CCC(Nc2nc3ccccc3n2Cc2ccc(F)cc2)CC1)c1ccc(Cl)c(Cl)c1. The largest absolute Gasteiger partial charge is 0.496 e. The fourth-order valence-electron chi connectivity index (χ4n) is 7.06. The number of nitrogens with zero attached hydrogens (tertiary/aromatic N) is 6. The van der Waals surface area contributed by atoms with E-state index in [1.807, 2.05) is 61.6 Å². The minimum Gasteiger partial charge on any atom is -0.496 e. The van der Waals surface area contributed by atoms with Gasteiger partial charge in [-0.1, -0.05) is 53.5 Å². The van der Waals surface area contributed by atoms with Gasteiger partial charge in [-0.2, -0.15) is 15.4 Å². The molecule has 1 unspecified atom stereocenters. The van der Waals surface area contributed by atoms with Gasteiger partial charge in [-0.3, -0.25) is 4.79 Å². The summed E-state index contributed by atoms with van der Waals surface area (Å²) in [6.45, 7) is 3.76. The van der Waals surface area contributed by atoms with Crippen LogP contribution in [0.25, 0.3) is 22.3 Å². The van der Waals surface area contributed by atoms with Crippen molar-refractivity contribution >= 4 is 46.1 Å². The first-order valence-electron chi connectivity index (χ1n) is 17.7. The quantitative estimate of drug-likeness (QED) is 0.123. The molecule has 0 saturated carbocycles. The molecule has 0 aliphatic carbocycles. The van der Waals surface area contributed by atoms with E-state index in [9.17, 15) is 9.18 Å². The Morgan fingerprint density at radius 1 is 1.04 bits per heavy atom. The summed E-state index contributed by atoms with van der Waals surface area (Å²) < 4.78 is 21.4. The molecule has 2 N–H and O–H groups in total. The van der Waals surface area contributed by atoms with Gasteiger partial charge < -0.3 is 24.4 Å². The van der Waals surface area contributed by atoms with Crippen molar-refractivity contribution in [3.05, 3.63) is 124 Å². The van der Waals surface area contributed by atoms with Gasteiger partial charge >= 0.3 is 0 Å². The standard InChI is InChI=1S/C40H41Cl2FN8O2/c1-49(39(52)32-21-28(10-14-38(32)53-2)36-23-44-48-47-36)25-29(27-9-13-33(41)34(42)22-27)15-18-50-19-16-31(17-20-50)45-40-46-35-5-3-4-6-37(35)51(40)24-26-7-11-30(43)12-8-26/h3-14,21-23,29,31H,15-20,24-25H2,1-2H3,(H,45,46)(H,44,47,48). The fraction of sp³-hybridized carbons (Fsp3) is 0.300. The number of ether oxygens (including phenoxy) is 1. The van der Waals surface area contributed by atoms with Crippen LogP contribution in [0.1, 0.15) is 46.7 Å². The second-order valence-corrected chi connectivity index (χ2v) is 14.3. The van der Waals surface area contributed by atoms with Crippen molar-refractivity contribution in [2.45, 2.75) is 37.8 Å². The number of benzene rings is 4. The highest BCUT2D eigenvalue weighted by Gasteiger charge is 2.26. The Kier molecular flexibility index (Phi) is 11.2. The highest BCUT2D eigenvalue weighted by Crippen LogP contribution is 2.32. The Labute approximate surface area is 317 Å². The first-order chi connectivity index (χ1) is 25.7. The first kappa shape index (κ1) is 36.4. The molecule has 3 heterocycles. The molecule has 1 fully saturated rings. The van der Waals surface area contributed by atoms with Gasteiger partial charge in [-0.25, -0.2) is 9.37 Å². The smallest absolute Gasteiger partial charge is 0.257 e. The number of carbonyl (C=O) groups excluding carboxylic acids is 1. The Morgan fingerprint density at radius 3 is 2.57 bits per heavy atom. The number of aromatic amines is 1. The molecule has 0 radical (unpaired) electrons. The predicted octanol–water partition coefficient (Wildman–Crippen LogP) is 8.15. The van der Waals surface area contributed by atoms with Crippen LogP contribution in [0.2, 0.25) is 10.0 Å². The Balaban J connectivity index is 1.01. The van der Waals surface area contributed by atoms with Gasteiger partial charge in [-0.15, -0.1) is 0 Å². The summed E-state index contributed by atoms with van der Waals surface area (Å²) in [6.07, 6.45) is 4.34. The van der Waals surface area contributed by atoms with E-state index in [2.05, 4.69) is 36.3 Å². The molecule has 1 saturated heterocycles. The number of H-pyrrole nitrogens is 1. The molecule has 0 bridgehead atoms. The lowest BCUT2D eigenvalue weighted by Gasteiger charge is -2.34. The number of imidazole rings is 1. The molecule has 1 amide bonds. The fourth-order valence-corrected chi connectivity index (χ4v) is 7.37. The van der Waals surface area contributed by atoms with Gasteiger partial charge in [0.2, 0.25) is 5.95 Å². The third-order valence-corrected chi connectivity index (χ3v) is 10.8. The maximum Gasteiger partial charge on any atom is 0.257 e. The third kappa shape index (κ3) is 8.48. The number of para-hydroxylation sites is 2. The van der Waals surface area contributed by atoms with Crippen molar-refractivity contribution in [1.29, 1.82) is 0 Å². The van der Waals surface area contributed by atoms with Gasteiger partial charge in [0, 0.05) is 44.2 Å². The number of amides is 1. The molecule has 6 aromatic rings. The summed E-state index contributed by atoms with van der Waals surface area (Å²) in [4.78, 5) is 23.1. The van der Waals surface area contributed by atoms with E-state index in [1.54, 1.807) is 30.3 Å². The van der Waals surface area contributed by atoms with E-state index in [1.165, 1.54) is 12.1 Å². The highest BCUT2D eigenvalue weighted by molar-refractivity contribution is 6.42. The average molecular weight is 756 g/mol. The van der Waals surface area contributed by atoms with E-state index >= 15 is 0 Å². The van der Waals surface area contributed by atoms with E-state index in [0.29, 0.717) is 40.1 Å². The van der Waals surface area contributed by atoms with Crippen molar-refractivity contribution in [3.63, 3.8) is 0 Å². The average Bonchev–Trinajstić information content (AvgIpc) is 3.84. The number of nitrogens with one attached hydrogen (secondary N) is 2. The molecular formula is C40H41Cl2FN8O2. The van der Waals surface area contributed by atoms with Crippen LogP contribution < -0.4 is 10.1 Å². The number of aromatic nitrogens is 5. The summed E-state index contributed by atoms with van der Waals surface area (Å²) in [6, 6.07) is 26.1. The number of likely N-dealkylation sites (N-methyl/N-ethyl adjacent to an activating group) is 1. The maximum atomic E-state index is 13.9. The van der Waals surface area contributed by atoms with Crippen molar-refractivity contribution in [3.8, 4) is 17.0 Å². The number of fused-ring (bicyclic) bond motifs is 1. The van der Waals surface area contributed by atoms with E-state index in [-0.39, 0.29) is 23.7 Å². The molecule has 4 aromatic carbocycles. The van der Waals surface area contributed by atoms with E-state index in [4.69, 9.17) is 32.9 Å². The number of rotatable bonds is 13. The number of hydrogen-bond acceptors (Lipinski definition) is 7.